The number of aliphatic imine (C=N–C) groups is 1. The summed E-state index contributed by atoms with van der Waals surface area (Å²) < 4.78 is 54.4. The molecule has 39 heavy (non-hydrogen) atoms. The summed E-state index contributed by atoms with van der Waals surface area (Å²) in [6, 6.07) is 23.5. The molecule has 10 nitrogen and oxygen atoms in total. The number of sulfonamides is 1. The number of nitrogens with zero attached hydrogens (tertiary/aromatic N) is 3. The summed E-state index contributed by atoms with van der Waals surface area (Å²) in [6.45, 7) is 5.69. The summed E-state index contributed by atoms with van der Waals surface area (Å²) in [4.78, 5) is 4.52. The molecule has 0 bridgehead atoms. The van der Waals surface area contributed by atoms with Gasteiger partial charge < -0.3 is 0 Å². The maximum absolute atomic E-state index is 13.3. The van der Waals surface area contributed by atoms with E-state index in [0.29, 0.717) is 6.54 Å². The molecule has 0 radical (unpaired) electrons. The third-order valence-corrected chi connectivity index (χ3v) is 8.22. The normalized spacial score (nSPS) is 17.1. The quantitative estimate of drug-likeness (QED) is 0.282. The van der Waals surface area contributed by atoms with Crippen LogP contribution in [0.15, 0.2) is 93.9 Å². The van der Waals surface area contributed by atoms with Crippen LogP contribution >= 0.6 is 0 Å². The van der Waals surface area contributed by atoms with Gasteiger partial charge in [0.15, 0.2) is 0 Å². The standard InChI is InChI=1S/C27H32N6O4S2/c1-19-9-13-23(14-10-19)26-25(22-7-5-4-6-8-22)18-33(30-26)27(29-17-21(3)31-39(28,36)37)32-38(34,35)24-15-11-20(2)12-16-24/h4-16,21,25,31H,17-18H2,1-3H3,(H,29,32)(H2,28,36,37)/t21?,25-/m1/s1. The van der Waals surface area contributed by atoms with Gasteiger partial charge >= 0.3 is 0 Å². The second-order valence-corrected chi connectivity index (χ2v) is 12.6. The molecule has 3 aromatic carbocycles. The lowest BCUT2D eigenvalue weighted by Crippen LogP contribution is -2.43. The molecule has 12 heteroatoms. The van der Waals surface area contributed by atoms with Gasteiger partial charge in [0.05, 0.1) is 23.7 Å². The number of aryl methyl sites for hydroxylation is 2. The predicted molar refractivity (Wildman–Crippen MR) is 153 cm³/mol. The Hall–Kier alpha value is -3.58. The van der Waals surface area contributed by atoms with E-state index < -0.39 is 26.3 Å². The highest BCUT2D eigenvalue weighted by Crippen LogP contribution is 2.29. The van der Waals surface area contributed by atoms with Gasteiger partial charge in [-0.15, -0.1) is 0 Å². The SMILES string of the molecule is Cc1ccc(C2=NN(C(=NCC(C)NS(N)(=O)=O)NS(=O)(=O)c3ccc(C)cc3)C[C@@H]2c2ccccc2)cc1. The minimum Gasteiger partial charge on any atom is -0.249 e. The van der Waals surface area contributed by atoms with Gasteiger partial charge in [-0.3, -0.25) is 0 Å². The van der Waals surface area contributed by atoms with E-state index >= 15 is 0 Å². The Balaban J connectivity index is 1.73. The van der Waals surface area contributed by atoms with Crippen molar-refractivity contribution in [2.75, 3.05) is 13.1 Å². The van der Waals surface area contributed by atoms with Gasteiger partial charge in [-0.1, -0.05) is 77.9 Å². The van der Waals surface area contributed by atoms with E-state index in [1.54, 1.807) is 19.1 Å². The summed E-state index contributed by atoms with van der Waals surface area (Å²) in [5, 5.41) is 11.4. The van der Waals surface area contributed by atoms with E-state index in [-0.39, 0.29) is 23.3 Å². The third kappa shape index (κ3) is 7.51. The van der Waals surface area contributed by atoms with Crippen molar-refractivity contribution in [2.45, 2.75) is 37.6 Å². The first-order valence-electron chi connectivity index (χ1n) is 12.3. The van der Waals surface area contributed by atoms with Crippen LogP contribution in [0.3, 0.4) is 0 Å². The smallest absolute Gasteiger partial charge is 0.249 e. The molecule has 1 aliphatic rings. The Morgan fingerprint density at radius 3 is 2.15 bits per heavy atom. The molecule has 0 fully saturated rings. The monoisotopic (exact) mass is 568 g/mol. The lowest BCUT2D eigenvalue weighted by atomic mass is 9.90. The van der Waals surface area contributed by atoms with Crippen molar-refractivity contribution in [1.29, 1.82) is 0 Å². The molecule has 0 amide bonds. The Morgan fingerprint density at radius 2 is 1.56 bits per heavy atom. The molecule has 1 unspecified atom stereocenters. The van der Waals surface area contributed by atoms with Crippen molar-refractivity contribution in [3.8, 4) is 0 Å². The van der Waals surface area contributed by atoms with Crippen LogP contribution < -0.4 is 14.6 Å². The van der Waals surface area contributed by atoms with Crippen LogP contribution in [0.4, 0.5) is 0 Å². The maximum Gasteiger partial charge on any atom is 0.274 e. The van der Waals surface area contributed by atoms with Crippen molar-refractivity contribution < 1.29 is 16.8 Å². The number of hydrogen-bond donors (Lipinski definition) is 3. The van der Waals surface area contributed by atoms with Gasteiger partial charge in [-0.25, -0.2) is 28.3 Å². The molecule has 0 aliphatic carbocycles. The molecule has 1 aliphatic heterocycles. The predicted octanol–water partition coefficient (Wildman–Crippen LogP) is 2.62. The first-order valence-corrected chi connectivity index (χ1v) is 15.4. The number of benzene rings is 3. The minimum absolute atomic E-state index is 0.0262. The van der Waals surface area contributed by atoms with E-state index in [2.05, 4.69) is 14.4 Å². The van der Waals surface area contributed by atoms with Crippen molar-refractivity contribution in [3.05, 3.63) is 101 Å². The second kappa shape index (κ2) is 11.7. The molecule has 206 valence electrons. The van der Waals surface area contributed by atoms with E-state index in [9.17, 15) is 16.8 Å². The molecular formula is C27H32N6O4S2. The Morgan fingerprint density at radius 1 is 0.974 bits per heavy atom. The van der Waals surface area contributed by atoms with Gasteiger partial charge in [0, 0.05) is 12.0 Å². The van der Waals surface area contributed by atoms with Crippen molar-refractivity contribution in [1.82, 2.24) is 14.5 Å². The van der Waals surface area contributed by atoms with Gasteiger partial charge in [0.1, 0.15) is 0 Å². The molecule has 0 aromatic heterocycles. The molecule has 4 N–H and O–H groups in total. The minimum atomic E-state index is -4.02. The Bertz CT molecular complexity index is 1570. The summed E-state index contributed by atoms with van der Waals surface area (Å²) >= 11 is 0. The highest BCUT2D eigenvalue weighted by Gasteiger charge is 2.33. The van der Waals surface area contributed by atoms with Crippen molar-refractivity contribution >= 4 is 31.9 Å². The van der Waals surface area contributed by atoms with Gasteiger partial charge in [0.25, 0.3) is 20.2 Å². The molecule has 4 rings (SSSR count). The van der Waals surface area contributed by atoms with Crippen LogP contribution in [0, 0.1) is 13.8 Å². The maximum atomic E-state index is 13.3. The molecule has 0 saturated heterocycles. The second-order valence-electron chi connectivity index (χ2n) is 9.54. The lowest BCUT2D eigenvalue weighted by Gasteiger charge is -2.20. The summed E-state index contributed by atoms with van der Waals surface area (Å²) in [6.07, 6.45) is 0. The summed E-state index contributed by atoms with van der Waals surface area (Å²) in [5.41, 5.74) is 4.71. The molecular weight excluding hydrogens is 536 g/mol. The largest absolute Gasteiger partial charge is 0.274 e. The van der Waals surface area contributed by atoms with E-state index in [1.807, 2.05) is 68.4 Å². The first kappa shape index (κ1) is 28.4. The van der Waals surface area contributed by atoms with Gasteiger partial charge in [0.2, 0.25) is 5.96 Å². The van der Waals surface area contributed by atoms with Crippen LogP contribution in [0.25, 0.3) is 0 Å². The lowest BCUT2D eigenvalue weighted by molar-refractivity contribution is 0.459. The third-order valence-electron chi connectivity index (χ3n) is 6.15. The fourth-order valence-corrected chi connectivity index (χ4v) is 5.83. The number of rotatable bonds is 8. The zero-order valence-corrected chi connectivity index (χ0v) is 23.6. The average Bonchev–Trinajstić information content (AvgIpc) is 3.32. The number of nitrogens with one attached hydrogen (secondary N) is 2. The average molecular weight is 569 g/mol. The van der Waals surface area contributed by atoms with E-state index in [1.165, 1.54) is 17.1 Å². The zero-order valence-electron chi connectivity index (χ0n) is 21.9. The fourth-order valence-electron chi connectivity index (χ4n) is 4.17. The van der Waals surface area contributed by atoms with Gasteiger partial charge in [-0.2, -0.15) is 18.2 Å². The zero-order chi connectivity index (χ0) is 28.2. The van der Waals surface area contributed by atoms with Crippen LogP contribution in [-0.4, -0.2) is 52.6 Å². The van der Waals surface area contributed by atoms with Crippen LogP contribution in [0.1, 0.15) is 35.1 Å². The van der Waals surface area contributed by atoms with Crippen molar-refractivity contribution in [2.24, 2.45) is 15.2 Å². The highest BCUT2D eigenvalue weighted by atomic mass is 32.2. The fraction of sp³-hybridized carbons (Fsp3) is 0.259. The van der Waals surface area contributed by atoms with Crippen LogP contribution in [0.5, 0.6) is 0 Å². The number of hydrazone groups is 1. The Kier molecular flexibility index (Phi) is 8.50. The Labute approximate surface area is 229 Å². The molecule has 0 saturated carbocycles. The van der Waals surface area contributed by atoms with E-state index in [0.717, 1.165) is 28.0 Å². The highest BCUT2D eigenvalue weighted by molar-refractivity contribution is 7.90. The molecule has 0 spiro atoms. The number of guanidine groups is 1. The number of nitrogens with two attached hydrogens (primary N) is 1. The molecule has 2 atom stereocenters. The van der Waals surface area contributed by atoms with E-state index in [4.69, 9.17) is 10.2 Å². The molecule has 1 heterocycles. The van der Waals surface area contributed by atoms with Crippen molar-refractivity contribution in [3.63, 3.8) is 0 Å². The first-order chi connectivity index (χ1) is 18.4. The summed E-state index contributed by atoms with van der Waals surface area (Å²) in [5.74, 6) is -0.190. The van der Waals surface area contributed by atoms with Gasteiger partial charge in [-0.05, 0) is 44.0 Å². The molecule has 3 aromatic rings. The number of hydrogen-bond acceptors (Lipinski definition) is 6. The van der Waals surface area contributed by atoms with Crippen LogP contribution in [-0.2, 0) is 20.2 Å². The topological polar surface area (TPSA) is 146 Å². The van der Waals surface area contributed by atoms with Crippen LogP contribution in [0.2, 0.25) is 0 Å². The summed E-state index contributed by atoms with van der Waals surface area (Å²) in [7, 11) is -7.99.